The Balaban J connectivity index is 1.26. The first-order valence-corrected chi connectivity index (χ1v) is 21.0. The van der Waals surface area contributed by atoms with Crippen LogP contribution in [0.25, 0.3) is 43.1 Å². The fourth-order valence-corrected chi connectivity index (χ4v) is 8.58. The summed E-state index contributed by atoms with van der Waals surface area (Å²) >= 11 is 0. The lowest BCUT2D eigenvalue weighted by atomic mass is 9.84. The number of hydrogen-bond donors (Lipinski definition) is 0. The van der Waals surface area contributed by atoms with Crippen molar-refractivity contribution in [1.29, 1.82) is 0 Å². The van der Waals surface area contributed by atoms with Crippen LogP contribution in [-0.4, -0.2) is 135 Å². The molecule has 0 saturated carbocycles. The molecular weight excluding hydrogens is 667 g/mol. The minimum atomic E-state index is -0.112. The highest BCUT2D eigenvalue weighted by atomic mass is 16.5. The van der Waals surface area contributed by atoms with Crippen molar-refractivity contribution < 1.29 is 9.53 Å². The number of benzene rings is 5. The van der Waals surface area contributed by atoms with Crippen LogP contribution in [-0.2, 0) is 16.0 Å². The van der Waals surface area contributed by atoms with Crippen LogP contribution >= 0.6 is 0 Å². The van der Waals surface area contributed by atoms with E-state index >= 15 is 0 Å². The molecule has 0 saturated heterocycles. The van der Waals surface area contributed by atoms with Gasteiger partial charge >= 0.3 is 5.97 Å². The first-order chi connectivity index (χ1) is 26.2. The van der Waals surface area contributed by atoms with E-state index in [2.05, 4.69) is 135 Å². The van der Waals surface area contributed by atoms with E-state index in [1.807, 2.05) is 0 Å². The summed E-state index contributed by atoms with van der Waals surface area (Å²) in [6.07, 6.45) is 0.989. The Hall–Kier alpha value is -3.33. The average molecular weight is 736 g/mol. The topological polar surface area (TPSA) is 42.5 Å². The quantitative estimate of drug-likeness (QED) is 0.0380. The molecule has 0 atom stereocenters. The Labute approximate surface area is 326 Å². The molecule has 5 aromatic rings. The Morgan fingerprint density at radius 3 is 1.31 bits per heavy atom. The van der Waals surface area contributed by atoms with E-state index in [1.54, 1.807) is 0 Å². The normalized spacial score (nSPS) is 12.5. The summed E-state index contributed by atoms with van der Waals surface area (Å²) in [7, 11) is 0. The van der Waals surface area contributed by atoms with Crippen LogP contribution in [0.3, 0.4) is 0 Å². The first kappa shape index (κ1) is 41.8. The van der Waals surface area contributed by atoms with Gasteiger partial charge in [0.2, 0.25) is 0 Å². The predicted molar refractivity (Wildman–Crippen MR) is 233 cm³/mol. The van der Waals surface area contributed by atoms with Crippen LogP contribution in [0.2, 0.25) is 0 Å². The van der Waals surface area contributed by atoms with Crippen molar-refractivity contribution in [3.05, 3.63) is 70.8 Å². The number of nitrogens with zero attached hydrogens (tertiary/aromatic N) is 5. The number of esters is 1. The zero-order chi connectivity index (χ0) is 38.8. The van der Waals surface area contributed by atoms with E-state index in [9.17, 15) is 4.79 Å². The van der Waals surface area contributed by atoms with Crippen molar-refractivity contribution in [2.75, 3.05) is 105 Å². The summed E-state index contributed by atoms with van der Waals surface area (Å²) in [5, 5.41) is 11.1. The van der Waals surface area contributed by atoms with Gasteiger partial charge in [-0.1, -0.05) is 90.1 Å². The fraction of sp³-hybridized carbons (Fsp3) is 0.553. The molecule has 0 radical (unpaired) electrons. The molecule has 0 amide bonds. The van der Waals surface area contributed by atoms with Gasteiger partial charge in [-0.25, -0.2) is 0 Å². The average Bonchev–Trinajstić information content (AvgIpc) is 3.18. The van der Waals surface area contributed by atoms with Gasteiger partial charge in [0.15, 0.2) is 0 Å². The van der Waals surface area contributed by atoms with Gasteiger partial charge < -0.3 is 19.4 Å². The lowest BCUT2D eigenvalue weighted by molar-refractivity contribution is -0.145. The third-order valence-corrected chi connectivity index (χ3v) is 12.2. The Morgan fingerprint density at radius 1 is 0.444 bits per heavy atom. The van der Waals surface area contributed by atoms with Crippen LogP contribution in [0.4, 0.5) is 0 Å². The monoisotopic (exact) mass is 736 g/mol. The Morgan fingerprint density at radius 2 is 0.833 bits per heavy atom. The standard InChI is InChI=1S/C47H69N5O2/c1-10-48(11-2)26-28-51(15-6)32-33-54-43(53)34-52(30-27-49(12-3)13-4)31-29-50(14-5)25-24-38-19-23-42-40-21-17-36(8)44-35(7)16-20-39(46(40)44)41-22-18-37(9)45(38)47(41)42/h16-23H,10-15,24-34H2,1-9H3. The van der Waals surface area contributed by atoms with Crippen LogP contribution < -0.4 is 0 Å². The second-order valence-corrected chi connectivity index (χ2v) is 15.2. The largest absolute Gasteiger partial charge is 0.463 e. The lowest BCUT2D eigenvalue weighted by Gasteiger charge is -2.29. The summed E-state index contributed by atoms with van der Waals surface area (Å²) in [4.78, 5) is 25.3. The minimum Gasteiger partial charge on any atom is -0.463 e. The summed E-state index contributed by atoms with van der Waals surface area (Å²) in [6.45, 7) is 34.4. The molecule has 7 heteroatoms. The number of carbonyl (C=O) groups is 1. The zero-order valence-corrected chi connectivity index (χ0v) is 35.2. The molecule has 0 heterocycles. The smallest absolute Gasteiger partial charge is 0.320 e. The fourth-order valence-electron chi connectivity index (χ4n) is 8.58. The molecular formula is C47H69N5O2. The molecule has 0 bridgehead atoms. The number of carbonyl (C=O) groups excluding carboxylic acids is 1. The van der Waals surface area contributed by atoms with E-state index in [4.69, 9.17) is 4.74 Å². The van der Waals surface area contributed by atoms with Gasteiger partial charge in [0.25, 0.3) is 0 Å². The van der Waals surface area contributed by atoms with Gasteiger partial charge in [-0.05, 0) is 132 Å². The van der Waals surface area contributed by atoms with Gasteiger partial charge in [-0.15, -0.1) is 0 Å². The molecule has 5 aromatic carbocycles. The molecule has 54 heavy (non-hydrogen) atoms. The van der Waals surface area contributed by atoms with Crippen LogP contribution in [0.1, 0.15) is 63.8 Å². The SMILES string of the molecule is CCN(CC)CCN(CC)CCOC(=O)CN(CCN(CC)CC)CCN(CC)CCc1ccc2c3ccc(C)c4c(C)ccc(c5ccc(C)c1c52)c43. The van der Waals surface area contributed by atoms with E-state index in [-0.39, 0.29) is 5.97 Å². The molecule has 0 unspecified atom stereocenters. The second-order valence-electron chi connectivity index (χ2n) is 15.2. The third-order valence-electron chi connectivity index (χ3n) is 12.2. The maximum atomic E-state index is 13.2. The van der Waals surface area contributed by atoms with Crippen molar-refractivity contribution >= 4 is 49.1 Å². The van der Waals surface area contributed by atoms with Gasteiger partial charge in [0, 0.05) is 52.4 Å². The van der Waals surface area contributed by atoms with Gasteiger partial charge in [0.1, 0.15) is 6.61 Å². The van der Waals surface area contributed by atoms with Crippen LogP contribution in [0.5, 0.6) is 0 Å². The van der Waals surface area contributed by atoms with Gasteiger partial charge in [-0.2, -0.15) is 0 Å². The number of rotatable bonds is 23. The lowest BCUT2D eigenvalue weighted by Crippen LogP contribution is -2.43. The van der Waals surface area contributed by atoms with Crippen molar-refractivity contribution in [1.82, 2.24) is 24.5 Å². The molecule has 0 spiro atoms. The highest BCUT2D eigenvalue weighted by molar-refractivity contribution is 6.34. The molecule has 0 fully saturated rings. The maximum absolute atomic E-state index is 13.2. The van der Waals surface area contributed by atoms with Crippen molar-refractivity contribution in [2.45, 2.75) is 68.7 Å². The molecule has 294 valence electrons. The second kappa shape index (κ2) is 20.0. The molecule has 0 aromatic heterocycles. The van der Waals surface area contributed by atoms with Crippen LogP contribution in [0, 0.1) is 20.8 Å². The zero-order valence-electron chi connectivity index (χ0n) is 35.2. The Kier molecular flexibility index (Phi) is 15.5. The molecule has 0 aliphatic heterocycles. The summed E-state index contributed by atoms with van der Waals surface area (Å²) in [5.41, 5.74) is 5.46. The summed E-state index contributed by atoms with van der Waals surface area (Å²) in [5.74, 6) is -0.112. The third kappa shape index (κ3) is 9.72. The van der Waals surface area contributed by atoms with E-state index in [0.717, 1.165) is 98.0 Å². The first-order valence-electron chi connectivity index (χ1n) is 21.0. The molecule has 5 rings (SSSR count). The highest BCUT2D eigenvalue weighted by Crippen LogP contribution is 2.43. The summed E-state index contributed by atoms with van der Waals surface area (Å²) < 4.78 is 5.84. The Bertz CT molecular complexity index is 1890. The molecule has 0 N–H and O–H groups in total. The van der Waals surface area contributed by atoms with E-state index in [1.165, 1.54) is 65.3 Å². The number of aryl methyl sites for hydroxylation is 3. The minimum absolute atomic E-state index is 0.112. The number of hydrogen-bond acceptors (Lipinski definition) is 7. The van der Waals surface area contributed by atoms with Gasteiger partial charge in [0.05, 0.1) is 6.54 Å². The molecule has 0 aliphatic carbocycles. The maximum Gasteiger partial charge on any atom is 0.320 e. The number of fused-ring (bicyclic) bond motifs is 2. The van der Waals surface area contributed by atoms with E-state index in [0.29, 0.717) is 13.2 Å². The van der Waals surface area contributed by atoms with Gasteiger partial charge in [-0.3, -0.25) is 14.6 Å². The summed E-state index contributed by atoms with van der Waals surface area (Å²) in [6, 6.07) is 18.7. The highest BCUT2D eigenvalue weighted by Gasteiger charge is 2.19. The molecule has 0 aliphatic rings. The van der Waals surface area contributed by atoms with Crippen molar-refractivity contribution in [3.8, 4) is 0 Å². The van der Waals surface area contributed by atoms with E-state index < -0.39 is 0 Å². The van der Waals surface area contributed by atoms with Crippen molar-refractivity contribution in [2.24, 2.45) is 0 Å². The predicted octanol–water partition coefficient (Wildman–Crippen LogP) is 8.38. The number of likely N-dealkylation sites (N-methyl/N-ethyl adjacent to an activating group) is 4. The number of ether oxygens (including phenoxy) is 1. The molecule has 7 nitrogen and oxygen atoms in total. The van der Waals surface area contributed by atoms with Crippen molar-refractivity contribution in [3.63, 3.8) is 0 Å². The van der Waals surface area contributed by atoms with Crippen LogP contribution in [0.15, 0.2) is 48.5 Å².